The summed E-state index contributed by atoms with van der Waals surface area (Å²) in [5, 5.41) is 2.60. The van der Waals surface area contributed by atoms with Crippen LogP contribution in [-0.2, 0) is 11.3 Å². The van der Waals surface area contributed by atoms with Crippen molar-refractivity contribution in [1.82, 2.24) is 10.3 Å². The minimum atomic E-state index is -2.92. The lowest BCUT2D eigenvalue weighted by atomic mass is 10.2. The molecule has 0 aliphatic heterocycles. The molecule has 1 aromatic heterocycles. The molecule has 0 unspecified atom stereocenters. The predicted molar refractivity (Wildman–Crippen MR) is 79.9 cm³/mol. The molecule has 122 valence electrons. The second-order valence-corrected chi connectivity index (χ2v) is 4.72. The molecule has 0 saturated carbocycles. The standard InChI is InChI=1S/C16H16F2N2O3/c1-10-11(2)22-15(20-10)9-19-14(21)8-7-12-5-3-4-6-13(12)23-16(17)18/h3-8,16H,9H2,1-2H3,(H,19,21)/b8-7+. The van der Waals surface area contributed by atoms with E-state index in [9.17, 15) is 13.6 Å². The van der Waals surface area contributed by atoms with E-state index in [1.54, 1.807) is 25.1 Å². The van der Waals surface area contributed by atoms with Crippen molar-refractivity contribution in [3.63, 3.8) is 0 Å². The number of hydrogen-bond donors (Lipinski definition) is 1. The van der Waals surface area contributed by atoms with Gasteiger partial charge in [-0.1, -0.05) is 18.2 Å². The molecule has 0 fully saturated rings. The summed E-state index contributed by atoms with van der Waals surface area (Å²) in [7, 11) is 0. The Kier molecular flexibility index (Phi) is 5.46. The van der Waals surface area contributed by atoms with Crippen LogP contribution in [0.3, 0.4) is 0 Å². The predicted octanol–water partition coefficient (Wildman–Crippen LogP) is 3.22. The molecule has 0 spiro atoms. The van der Waals surface area contributed by atoms with Gasteiger partial charge >= 0.3 is 6.61 Å². The number of ether oxygens (including phenoxy) is 1. The van der Waals surface area contributed by atoms with Crippen LogP contribution in [0.25, 0.3) is 6.08 Å². The van der Waals surface area contributed by atoms with E-state index in [0.717, 1.165) is 5.69 Å². The quantitative estimate of drug-likeness (QED) is 0.829. The molecule has 1 amide bonds. The molecular formula is C16H16F2N2O3. The smallest absolute Gasteiger partial charge is 0.387 e. The fraction of sp³-hybridized carbons (Fsp3) is 0.250. The zero-order valence-corrected chi connectivity index (χ0v) is 12.7. The summed E-state index contributed by atoms with van der Waals surface area (Å²) in [6.45, 7) is 0.819. The van der Waals surface area contributed by atoms with Crippen LogP contribution in [0.2, 0.25) is 0 Å². The van der Waals surface area contributed by atoms with E-state index in [0.29, 0.717) is 17.2 Å². The highest BCUT2D eigenvalue weighted by molar-refractivity contribution is 5.92. The Bertz CT molecular complexity index is 692. The summed E-state index contributed by atoms with van der Waals surface area (Å²) in [6, 6.07) is 6.21. The summed E-state index contributed by atoms with van der Waals surface area (Å²) in [4.78, 5) is 15.9. The number of halogens is 2. The first kappa shape index (κ1) is 16.7. The molecule has 23 heavy (non-hydrogen) atoms. The normalized spacial score (nSPS) is 11.2. The molecule has 1 heterocycles. The summed E-state index contributed by atoms with van der Waals surface area (Å²) in [5.41, 5.74) is 1.15. The molecule has 5 nitrogen and oxygen atoms in total. The van der Waals surface area contributed by atoms with Crippen LogP contribution < -0.4 is 10.1 Å². The Morgan fingerprint density at radius 3 is 2.78 bits per heavy atom. The Morgan fingerprint density at radius 1 is 1.39 bits per heavy atom. The number of nitrogens with one attached hydrogen (secondary N) is 1. The van der Waals surface area contributed by atoms with Gasteiger partial charge in [-0.3, -0.25) is 4.79 Å². The number of oxazole rings is 1. The highest BCUT2D eigenvalue weighted by atomic mass is 19.3. The lowest BCUT2D eigenvalue weighted by molar-refractivity contribution is -0.116. The third-order valence-corrected chi connectivity index (χ3v) is 3.04. The van der Waals surface area contributed by atoms with Gasteiger partial charge in [-0.25, -0.2) is 4.98 Å². The lowest BCUT2D eigenvalue weighted by Crippen LogP contribution is -2.20. The van der Waals surface area contributed by atoms with Crippen molar-refractivity contribution in [1.29, 1.82) is 0 Å². The Hall–Kier alpha value is -2.70. The number of rotatable bonds is 6. The van der Waals surface area contributed by atoms with E-state index in [1.807, 2.05) is 6.92 Å². The molecule has 0 aliphatic carbocycles. The van der Waals surface area contributed by atoms with Gasteiger partial charge in [-0.05, 0) is 26.0 Å². The molecule has 0 aliphatic rings. The summed E-state index contributed by atoms with van der Waals surface area (Å²) in [6.07, 6.45) is 2.63. The van der Waals surface area contributed by atoms with Crippen molar-refractivity contribution in [2.24, 2.45) is 0 Å². The van der Waals surface area contributed by atoms with Crippen molar-refractivity contribution in [3.05, 3.63) is 53.2 Å². The number of hydrogen-bond acceptors (Lipinski definition) is 4. The van der Waals surface area contributed by atoms with Gasteiger partial charge in [-0.15, -0.1) is 0 Å². The first-order chi connectivity index (χ1) is 11.0. The SMILES string of the molecule is Cc1nc(CNC(=O)/C=C/c2ccccc2OC(F)F)oc1C. The number of nitrogens with zero attached hydrogens (tertiary/aromatic N) is 1. The second-order valence-electron chi connectivity index (χ2n) is 4.72. The maximum absolute atomic E-state index is 12.3. The van der Waals surface area contributed by atoms with E-state index in [1.165, 1.54) is 18.2 Å². The number of aromatic nitrogens is 1. The average molecular weight is 322 g/mol. The van der Waals surface area contributed by atoms with Gasteiger partial charge < -0.3 is 14.5 Å². The Labute approximate surface area is 132 Å². The third-order valence-electron chi connectivity index (χ3n) is 3.04. The minimum Gasteiger partial charge on any atom is -0.444 e. The molecule has 0 saturated heterocycles. The Balaban J connectivity index is 1.95. The number of amides is 1. The maximum atomic E-state index is 12.3. The van der Waals surface area contributed by atoms with Crippen LogP contribution in [0.5, 0.6) is 5.75 Å². The zero-order chi connectivity index (χ0) is 16.8. The first-order valence-corrected chi connectivity index (χ1v) is 6.88. The van der Waals surface area contributed by atoms with Crippen LogP contribution >= 0.6 is 0 Å². The van der Waals surface area contributed by atoms with Gasteiger partial charge in [0.1, 0.15) is 11.5 Å². The van der Waals surface area contributed by atoms with Gasteiger partial charge in [0.15, 0.2) is 0 Å². The summed E-state index contributed by atoms with van der Waals surface area (Å²) < 4.78 is 34.3. The molecule has 1 aromatic carbocycles. The average Bonchev–Trinajstić information content (AvgIpc) is 2.82. The fourth-order valence-corrected chi connectivity index (χ4v) is 1.82. The monoisotopic (exact) mass is 322 g/mol. The van der Waals surface area contributed by atoms with E-state index in [2.05, 4.69) is 15.0 Å². The number of carbonyl (C=O) groups is 1. The van der Waals surface area contributed by atoms with E-state index in [4.69, 9.17) is 4.42 Å². The fourth-order valence-electron chi connectivity index (χ4n) is 1.82. The van der Waals surface area contributed by atoms with Crippen molar-refractivity contribution < 1.29 is 22.7 Å². The third kappa shape index (κ3) is 4.91. The molecule has 1 N–H and O–H groups in total. The van der Waals surface area contributed by atoms with Gasteiger partial charge in [-0.2, -0.15) is 8.78 Å². The lowest BCUT2D eigenvalue weighted by Gasteiger charge is -2.07. The molecule has 0 atom stereocenters. The minimum absolute atomic E-state index is 0.00509. The summed E-state index contributed by atoms with van der Waals surface area (Å²) in [5.74, 6) is 0.710. The molecule has 2 aromatic rings. The number of para-hydroxylation sites is 1. The van der Waals surface area contributed by atoms with Crippen molar-refractivity contribution in [2.45, 2.75) is 27.0 Å². The van der Waals surface area contributed by atoms with Crippen LogP contribution in [0.15, 0.2) is 34.8 Å². The van der Waals surface area contributed by atoms with Crippen LogP contribution in [-0.4, -0.2) is 17.5 Å². The number of aryl methyl sites for hydroxylation is 2. The van der Waals surface area contributed by atoms with E-state index >= 15 is 0 Å². The van der Waals surface area contributed by atoms with Crippen molar-refractivity contribution in [3.8, 4) is 5.75 Å². The van der Waals surface area contributed by atoms with E-state index < -0.39 is 12.5 Å². The van der Waals surface area contributed by atoms with Gasteiger partial charge in [0.2, 0.25) is 11.8 Å². The highest BCUT2D eigenvalue weighted by Crippen LogP contribution is 2.21. The zero-order valence-electron chi connectivity index (χ0n) is 12.7. The second kappa shape index (κ2) is 7.53. The number of benzene rings is 1. The molecule has 7 heteroatoms. The molecular weight excluding hydrogens is 306 g/mol. The van der Waals surface area contributed by atoms with Crippen LogP contribution in [0.1, 0.15) is 22.9 Å². The summed E-state index contributed by atoms with van der Waals surface area (Å²) >= 11 is 0. The van der Waals surface area contributed by atoms with Crippen molar-refractivity contribution in [2.75, 3.05) is 0 Å². The van der Waals surface area contributed by atoms with Gasteiger partial charge in [0, 0.05) is 11.6 Å². The van der Waals surface area contributed by atoms with Crippen LogP contribution in [0.4, 0.5) is 8.78 Å². The van der Waals surface area contributed by atoms with Crippen LogP contribution in [0, 0.1) is 13.8 Å². The molecule has 0 radical (unpaired) electrons. The number of alkyl halides is 2. The topological polar surface area (TPSA) is 64.4 Å². The Morgan fingerprint density at radius 2 is 2.13 bits per heavy atom. The van der Waals surface area contributed by atoms with Crippen molar-refractivity contribution >= 4 is 12.0 Å². The number of carbonyl (C=O) groups excluding carboxylic acids is 1. The first-order valence-electron chi connectivity index (χ1n) is 6.88. The molecule has 0 bridgehead atoms. The van der Waals surface area contributed by atoms with E-state index in [-0.39, 0.29) is 12.3 Å². The largest absolute Gasteiger partial charge is 0.444 e. The maximum Gasteiger partial charge on any atom is 0.387 e. The van der Waals surface area contributed by atoms with Gasteiger partial charge in [0.25, 0.3) is 0 Å². The van der Waals surface area contributed by atoms with Gasteiger partial charge in [0.05, 0.1) is 12.2 Å². The molecule has 2 rings (SSSR count). The highest BCUT2D eigenvalue weighted by Gasteiger charge is 2.08.